The van der Waals surface area contributed by atoms with E-state index in [1.807, 2.05) is 19.1 Å². The summed E-state index contributed by atoms with van der Waals surface area (Å²) in [6.45, 7) is 2.00. The number of amides is 3. The van der Waals surface area contributed by atoms with Gasteiger partial charge in [0.05, 0.1) is 12.2 Å². The van der Waals surface area contributed by atoms with Crippen molar-refractivity contribution < 1.29 is 19.5 Å². The average Bonchev–Trinajstić information content (AvgIpc) is 2.40. The minimum absolute atomic E-state index is 0.0548. The molecule has 0 spiro atoms. The molecule has 1 aromatic heterocycles. The Morgan fingerprint density at radius 2 is 2.10 bits per heavy atom. The number of carboxylic acid groups (broad SMARTS) is 1. The third kappa shape index (κ3) is 6.37. The number of pyridine rings is 1. The fourth-order valence-corrected chi connectivity index (χ4v) is 1.62. The van der Waals surface area contributed by atoms with Crippen LogP contribution >= 0.6 is 0 Å². The number of hydrogen-bond donors (Lipinski definition) is 4. The van der Waals surface area contributed by atoms with Gasteiger partial charge in [0, 0.05) is 12.1 Å². The van der Waals surface area contributed by atoms with Crippen LogP contribution in [0.3, 0.4) is 0 Å². The Bertz CT molecular complexity index is 533. The van der Waals surface area contributed by atoms with Crippen molar-refractivity contribution in [2.24, 2.45) is 5.73 Å². The van der Waals surface area contributed by atoms with Crippen molar-refractivity contribution in [2.45, 2.75) is 32.4 Å². The van der Waals surface area contributed by atoms with Crippen LogP contribution < -0.4 is 16.4 Å². The second-order valence-electron chi connectivity index (χ2n) is 4.49. The van der Waals surface area contributed by atoms with Gasteiger partial charge in [-0.1, -0.05) is 6.07 Å². The monoisotopic (exact) mass is 294 g/mol. The van der Waals surface area contributed by atoms with Gasteiger partial charge in [0.25, 0.3) is 0 Å². The summed E-state index contributed by atoms with van der Waals surface area (Å²) in [7, 11) is 0. The molecule has 0 fully saturated rings. The molecule has 1 unspecified atom stereocenters. The summed E-state index contributed by atoms with van der Waals surface area (Å²) in [6.07, 6.45) is -0.169. The fraction of sp³-hybridized carbons (Fsp3) is 0.385. The van der Waals surface area contributed by atoms with Crippen molar-refractivity contribution in [3.63, 3.8) is 0 Å². The molecule has 3 amide bonds. The first-order valence-electron chi connectivity index (χ1n) is 6.36. The molecule has 1 aromatic rings. The number of hydrogen-bond acceptors (Lipinski definition) is 4. The number of carboxylic acids is 1. The van der Waals surface area contributed by atoms with Gasteiger partial charge in [0.15, 0.2) is 0 Å². The van der Waals surface area contributed by atoms with Gasteiger partial charge in [0.2, 0.25) is 5.91 Å². The van der Waals surface area contributed by atoms with E-state index in [-0.39, 0.29) is 19.4 Å². The van der Waals surface area contributed by atoms with E-state index in [9.17, 15) is 14.4 Å². The summed E-state index contributed by atoms with van der Waals surface area (Å²) in [5.41, 5.74) is 6.43. The number of carbonyl (C=O) groups excluding carboxylic acids is 2. The van der Waals surface area contributed by atoms with Gasteiger partial charge in [-0.25, -0.2) is 9.59 Å². The Hall–Kier alpha value is -2.64. The molecule has 1 rings (SSSR count). The molecule has 1 atom stereocenters. The Morgan fingerprint density at radius 1 is 1.38 bits per heavy atom. The lowest BCUT2D eigenvalue weighted by atomic mass is 10.1. The Balaban J connectivity index is 2.46. The highest BCUT2D eigenvalue weighted by molar-refractivity contribution is 5.83. The molecule has 5 N–H and O–H groups in total. The zero-order valence-corrected chi connectivity index (χ0v) is 11.6. The van der Waals surface area contributed by atoms with Crippen LogP contribution in [0.1, 0.15) is 24.2 Å². The van der Waals surface area contributed by atoms with E-state index in [2.05, 4.69) is 15.6 Å². The van der Waals surface area contributed by atoms with Crippen LogP contribution in [0, 0.1) is 6.92 Å². The minimum Gasteiger partial charge on any atom is -0.480 e. The smallest absolute Gasteiger partial charge is 0.326 e. The van der Waals surface area contributed by atoms with Crippen LogP contribution in [0.5, 0.6) is 0 Å². The molecule has 0 bridgehead atoms. The number of aryl methyl sites for hydroxylation is 1. The molecule has 1 heterocycles. The predicted octanol–water partition coefficient (Wildman–Crippen LogP) is -0.0921. The van der Waals surface area contributed by atoms with E-state index >= 15 is 0 Å². The number of rotatable bonds is 7. The molecular weight excluding hydrogens is 276 g/mol. The van der Waals surface area contributed by atoms with Gasteiger partial charge < -0.3 is 21.5 Å². The molecule has 0 saturated heterocycles. The maximum Gasteiger partial charge on any atom is 0.326 e. The highest BCUT2D eigenvalue weighted by atomic mass is 16.4. The van der Waals surface area contributed by atoms with Crippen molar-refractivity contribution in [3.8, 4) is 0 Å². The number of aromatic nitrogens is 1. The summed E-state index contributed by atoms with van der Waals surface area (Å²) in [5, 5.41) is 13.7. The van der Waals surface area contributed by atoms with Gasteiger partial charge in [-0.05, 0) is 25.5 Å². The SMILES string of the molecule is Cc1cccc(CNC(=O)NC(CCC(N)=O)C(=O)O)n1. The highest BCUT2D eigenvalue weighted by Crippen LogP contribution is 1.99. The quantitative estimate of drug-likeness (QED) is 0.557. The lowest BCUT2D eigenvalue weighted by Crippen LogP contribution is -2.46. The molecule has 21 heavy (non-hydrogen) atoms. The molecular formula is C13H18N4O4. The normalized spacial score (nSPS) is 11.5. The molecule has 0 aromatic carbocycles. The van der Waals surface area contributed by atoms with E-state index in [4.69, 9.17) is 10.8 Å². The number of nitrogens with one attached hydrogen (secondary N) is 2. The van der Waals surface area contributed by atoms with Crippen molar-refractivity contribution >= 4 is 17.9 Å². The zero-order valence-electron chi connectivity index (χ0n) is 11.6. The van der Waals surface area contributed by atoms with Gasteiger partial charge in [0.1, 0.15) is 6.04 Å². The number of aliphatic carboxylic acids is 1. The Labute approximate surface area is 121 Å². The van der Waals surface area contributed by atoms with Crippen LogP contribution in [-0.4, -0.2) is 34.0 Å². The lowest BCUT2D eigenvalue weighted by molar-refractivity contribution is -0.139. The van der Waals surface area contributed by atoms with Crippen LogP contribution in [0.15, 0.2) is 18.2 Å². The molecule has 8 heteroatoms. The number of primary amides is 1. The van der Waals surface area contributed by atoms with E-state index in [1.54, 1.807) is 6.07 Å². The van der Waals surface area contributed by atoms with Crippen LogP contribution in [-0.2, 0) is 16.1 Å². The molecule has 8 nitrogen and oxygen atoms in total. The van der Waals surface area contributed by atoms with E-state index in [1.165, 1.54) is 0 Å². The summed E-state index contributed by atoms with van der Waals surface area (Å²) in [6, 6.07) is 3.57. The first-order valence-corrected chi connectivity index (χ1v) is 6.36. The minimum atomic E-state index is -1.22. The summed E-state index contributed by atoms with van der Waals surface area (Å²) in [4.78, 5) is 37.4. The van der Waals surface area contributed by atoms with E-state index in [0.717, 1.165) is 5.69 Å². The third-order valence-corrected chi connectivity index (χ3v) is 2.66. The fourth-order valence-electron chi connectivity index (χ4n) is 1.62. The maximum atomic E-state index is 11.6. The summed E-state index contributed by atoms with van der Waals surface area (Å²) in [5.74, 6) is -1.84. The Kier molecular flexibility index (Phi) is 6.12. The maximum absolute atomic E-state index is 11.6. The van der Waals surface area contributed by atoms with Crippen molar-refractivity contribution in [1.29, 1.82) is 0 Å². The van der Waals surface area contributed by atoms with Crippen molar-refractivity contribution in [3.05, 3.63) is 29.6 Å². The van der Waals surface area contributed by atoms with Gasteiger partial charge >= 0.3 is 12.0 Å². The molecule has 0 aliphatic rings. The van der Waals surface area contributed by atoms with Gasteiger partial charge in [-0.2, -0.15) is 0 Å². The second kappa shape index (κ2) is 7.83. The standard InChI is InChI=1S/C13H18N4O4/c1-8-3-2-4-9(16-8)7-15-13(21)17-10(12(19)20)5-6-11(14)18/h2-4,10H,5-7H2,1H3,(H2,14,18)(H,19,20)(H2,15,17,21). The summed E-state index contributed by atoms with van der Waals surface area (Å²) >= 11 is 0. The molecule has 0 aliphatic carbocycles. The number of urea groups is 1. The van der Waals surface area contributed by atoms with Gasteiger partial charge in [-0.3, -0.25) is 9.78 Å². The van der Waals surface area contributed by atoms with Crippen molar-refractivity contribution in [2.75, 3.05) is 0 Å². The van der Waals surface area contributed by atoms with Crippen LogP contribution in [0.25, 0.3) is 0 Å². The highest BCUT2D eigenvalue weighted by Gasteiger charge is 2.20. The molecule has 0 radical (unpaired) electrons. The van der Waals surface area contributed by atoms with Gasteiger partial charge in [-0.15, -0.1) is 0 Å². The van der Waals surface area contributed by atoms with Crippen molar-refractivity contribution in [1.82, 2.24) is 15.6 Å². The average molecular weight is 294 g/mol. The first kappa shape index (κ1) is 16.4. The van der Waals surface area contributed by atoms with Crippen LogP contribution in [0.4, 0.5) is 4.79 Å². The first-order chi connectivity index (χ1) is 9.88. The van der Waals surface area contributed by atoms with Crippen LogP contribution in [0.2, 0.25) is 0 Å². The number of nitrogens with two attached hydrogens (primary N) is 1. The van der Waals surface area contributed by atoms with E-state index < -0.39 is 23.9 Å². The summed E-state index contributed by atoms with van der Waals surface area (Å²) < 4.78 is 0. The largest absolute Gasteiger partial charge is 0.480 e. The second-order valence-corrected chi connectivity index (χ2v) is 4.49. The zero-order chi connectivity index (χ0) is 15.8. The Morgan fingerprint density at radius 3 is 2.67 bits per heavy atom. The number of nitrogens with zero attached hydrogens (tertiary/aromatic N) is 1. The molecule has 0 saturated carbocycles. The topological polar surface area (TPSA) is 134 Å². The molecule has 0 aliphatic heterocycles. The van der Waals surface area contributed by atoms with E-state index in [0.29, 0.717) is 5.69 Å². The third-order valence-electron chi connectivity index (χ3n) is 2.66. The number of carbonyl (C=O) groups is 3. The molecule has 114 valence electrons. The lowest BCUT2D eigenvalue weighted by Gasteiger charge is -2.14. The predicted molar refractivity (Wildman–Crippen MR) is 74.2 cm³/mol.